The number of methoxy groups -OCH3 is 3. The molecular weight excluding hydrogens is 434 g/mol. The molecule has 0 radical (unpaired) electrons. The van der Waals surface area contributed by atoms with E-state index in [0.717, 1.165) is 11.1 Å². The summed E-state index contributed by atoms with van der Waals surface area (Å²) in [6.45, 7) is 6.64. The van der Waals surface area contributed by atoms with E-state index >= 15 is 0 Å². The van der Waals surface area contributed by atoms with Crippen LogP contribution in [0.4, 0.5) is 0 Å². The normalized spacial score (nSPS) is 17.5. The van der Waals surface area contributed by atoms with Gasteiger partial charge in [0.2, 0.25) is 0 Å². The lowest BCUT2D eigenvalue weighted by Gasteiger charge is -2.26. The van der Waals surface area contributed by atoms with Gasteiger partial charge in [0.15, 0.2) is 0 Å². The average molecular weight is 468 g/mol. The van der Waals surface area contributed by atoms with Crippen molar-refractivity contribution in [2.24, 2.45) is 0 Å². The van der Waals surface area contributed by atoms with Crippen LogP contribution in [0.15, 0.2) is 42.0 Å². The van der Waals surface area contributed by atoms with Crippen LogP contribution < -0.4 is 9.47 Å². The number of likely N-dealkylation sites (tertiary alicyclic amines) is 1. The minimum atomic E-state index is -0.781. The number of ether oxygens (including phenoxy) is 3. The molecule has 2 aromatic carbocycles. The van der Waals surface area contributed by atoms with Gasteiger partial charge in [-0.1, -0.05) is 32.0 Å². The van der Waals surface area contributed by atoms with Gasteiger partial charge in [-0.2, -0.15) is 0 Å². The van der Waals surface area contributed by atoms with E-state index < -0.39 is 17.7 Å². The van der Waals surface area contributed by atoms with Gasteiger partial charge in [0, 0.05) is 31.4 Å². The van der Waals surface area contributed by atoms with Gasteiger partial charge in [0.1, 0.15) is 17.3 Å². The molecule has 1 aliphatic heterocycles. The van der Waals surface area contributed by atoms with Crippen molar-refractivity contribution in [3.63, 3.8) is 0 Å². The second-order valence-electron chi connectivity index (χ2n) is 8.64. The minimum Gasteiger partial charge on any atom is -0.507 e. The van der Waals surface area contributed by atoms with E-state index in [1.165, 1.54) is 4.90 Å². The number of aliphatic hydroxyl groups excluding tert-OH is 1. The van der Waals surface area contributed by atoms with Crippen LogP contribution >= 0.6 is 0 Å². The smallest absolute Gasteiger partial charge is 0.295 e. The predicted molar refractivity (Wildman–Crippen MR) is 130 cm³/mol. The quantitative estimate of drug-likeness (QED) is 0.251. The lowest BCUT2D eigenvalue weighted by atomic mass is 9.90. The Bertz CT molecular complexity index is 1100. The van der Waals surface area contributed by atoms with E-state index in [0.29, 0.717) is 42.2 Å². The third-order valence-electron chi connectivity index (χ3n) is 6.17. The Balaban J connectivity index is 2.25. The van der Waals surface area contributed by atoms with E-state index in [1.807, 2.05) is 51.1 Å². The molecule has 0 aromatic heterocycles. The summed E-state index contributed by atoms with van der Waals surface area (Å²) in [7, 11) is 4.73. The number of amides is 1. The summed E-state index contributed by atoms with van der Waals surface area (Å²) in [5, 5.41) is 11.5. The molecule has 1 amide bonds. The molecule has 3 rings (SSSR count). The van der Waals surface area contributed by atoms with Crippen LogP contribution in [-0.2, 0) is 14.3 Å². The van der Waals surface area contributed by atoms with Crippen molar-refractivity contribution in [3.05, 3.63) is 64.2 Å². The van der Waals surface area contributed by atoms with Crippen LogP contribution in [0.1, 0.15) is 54.5 Å². The summed E-state index contributed by atoms with van der Waals surface area (Å²) in [4.78, 5) is 27.9. The number of aryl methyl sites for hydroxylation is 1. The summed E-state index contributed by atoms with van der Waals surface area (Å²) in [6, 6.07) is 10.1. The van der Waals surface area contributed by atoms with E-state index in [1.54, 1.807) is 27.4 Å². The third-order valence-corrected chi connectivity index (χ3v) is 6.17. The molecule has 0 bridgehead atoms. The molecular formula is C27H33NO6. The lowest BCUT2D eigenvalue weighted by Crippen LogP contribution is -2.31. The number of benzene rings is 2. The highest BCUT2D eigenvalue weighted by Crippen LogP contribution is 2.43. The zero-order valence-corrected chi connectivity index (χ0v) is 20.7. The monoisotopic (exact) mass is 467 g/mol. The molecule has 1 heterocycles. The zero-order chi connectivity index (χ0) is 25.0. The highest BCUT2D eigenvalue weighted by atomic mass is 16.5. The van der Waals surface area contributed by atoms with Gasteiger partial charge < -0.3 is 24.2 Å². The maximum atomic E-state index is 13.3. The van der Waals surface area contributed by atoms with Gasteiger partial charge in [-0.25, -0.2) is 0 Å². The number of rotatable bonds is 9. The number of carbonyl (C=O) groups is 2. The van der Waals surface area contributed by atoms with E-state index in [9.17, 15) is 14.7 Å². The van der Waals surface area contributed by atoms with E-state index in [2.05, 4.69) is 0 Å². The van der Waals surface area contributed by atoms with Gasteiger partial charge in [0.05, 0.1) is 25.8 Å². The van der Waals surface area contributed by atoms with Crippen LogP contribution in [0.25, 0.3) is 5.76 Å². The number of hydrogen-bond acceptors (Lipinski definition) is 6. The van der Waals surface area contributed by atoms with Crippen LogP contribution in [0, 0.1) is 6.92 Å². The lowest BCUT2D eigenvalue weighted by molar-refractivity contribution is -0.140. The van der Waals surface area contributed by atoms with Crippen molar-refractivity contribution in [2.75, 3.05) is 34.5 Å². The molecule has 1 unspecified atom stereocenters. The molecule has 34 heavy (non-hydrogen) atoms. The Morgan fingerprint density at radius 2 is 1.74 bits per heavy atom. The predicted octanol–water partition coefficient (Wildman–Crippen LogP) is 4.59. The Morgan fingerprint density at radius 3 is 2.35 bits per heavy atom. The molecule has 0 aliphatic carbocycles. The molecule has 182 valence electrons. The summed E-state index contributed by atoms with van der Waals surface area (Å²) in [6.07, 6.45) is 0.550. The topological polar surface area (TPSA) is 85.3 Å². The van der Waals surface area contributed by atoms with Crippen LogP contribution in [0.3, 0.4) is 0 Å². The van der Waals surface area contributed by atoms with Gasteiger partial charge in [-0.3, -0.25) is 9.59 Å². The molecule has 7 heteroatoms. The van der Waals surface area contributed by atoms with Crippen LogP contribution in [-0.4, -0.2) is 56.2 Å². The van der Waals surface area contributed by atoms with Crippen LogP contribution in [0.5, 0.6) is 11.5 Å². The van der Waals surface area contributed by atoms with Crippen molar-refractivity contribution in [1.82, 2.24) is 4.90 Å². The summed E-state index contributed by atoms with van der Waals surface area (Å²) >= 11 is 0. The fraction of sp³-hybridized carbons (Fsp3) is 0.407. The van der Waals surface area contributed by atoms with Crippen molar-refractivity contribution in [2.45, 2.75) is 39.2 Å². The molecule has 7 nitrogen and oxygen atoms in total. The fourth-order valence-electron chi connectivity index (χ4n) is 4.43. The Hall–Kier alpha value is -3.32. The second kappa shape index (κ2) is 10.7. The molecule has 2 aromatic rings. The first kappa shape index (κ1) is 25.3. The Labute approximate surface area is 200 Å². The number of ketones is 1. The van der Waals surface area contributed by atoms with Gasteiger partial charge in [-0.05, 0) is 48.6 Å². The van der Waals surface area contributed by atoms with E-state index in [-0.39, 0.29) is 17.3 Å². The number of carbonyl (C=O) groups excluding carboxylic acids is 2. The molecule has 0 saturated carbocycles. The molecule has 1 fully saturated rings. The highest BCUT2D eigenvalue weighted by molar-refractivity contribution is 6.46. The third kappa shape index (κ3) is 4.66. The number of Topliss-reactive ketones (excluding diaryl/α,β-unsaturated/α-hetero) is 1. The number of nitrogens with zero attached hydrogens (tertiary/aromatic N) is 1. The first-order valence-corrected chi connectivity index (χ1v) is 11.4. The summed E-state index contributed by atoms with van der Waals surface area (Å²) < 4.78 is 16.2. The van der Waals surface area contributed by atoms with Crippen molar-refractivity contribution < 1.29 is 28.9 Å². The highest BCUT2D eigenvalue weighted by Gasteiger charge is 2.47. The summed E-state index contributed by atoms with van der Waals surface area (Å²) in [5.41, 5.74) is 2.83. The largest absolute Gasteiger partial charge is 0.507 e. The SMILES string of the molecule is COCCCN1C(=O)C(=O)/C(=C(/O)c2cc(C(C)C)c(OC)cc2C)C1c1ccccc1OC. The summed E-state index contributed by atoms with van der Waals surface area (Å²) in [5.74, 6) is -0.193. The molecule has 1 aliphatic rings. The zero-order valence-electron chi connectivity index (χ0n) is 20.7. The first-order valence-electron chi connectivity index (χ1n) is 11.4. The second-order valence-corrected chi connectivity index (χ2v) is 8.64. The molecule has 1 saturated heterocycles. The fourth-order valence-corrected chi connectivity index (χ4v) is 4.43. The maximum Gasteiger partial charge on any atom is 0.295 e. The Morgan fingerprint density at radius 1 is 1.06 bits per heavy atom. The van der Waals surface area contributed by atoms with Crippen molar-refractivity contribution in [3.8, 4) is 11.5 Å². The first-order chi connectivity index (χ1) is 16.3. The molecule has 1 atom stereocenters. The number of aliphatic hydroxyl groups is 1. The standard InChI is InChI=1S/C27H33NO6/c1-16(2)19-15-20(17(3)14-22(19)34-6)25(29)23-24(18-10-7-8-11-21(18)33-5)28(12-9-13-32-4)27(31)26(23)30/h7-8,10-11,14-16,24,29H,9,12-13H2,1-6H3/b25-23+. The Kier molecular flexibility index (Phi) is 7.99. The number of hydrogen-bond donors (Lipinski definition) is 1. The van der Waals surface area contributed by atoms with Gasteiger partial charge in [0.25, 0.3) is 11.7 Å². The van der Waals surface area contributed by atoms with E-state index in [4.69, 9.17) is 14.2 Å². The van der Waals surface area contributed by atoms with Crippen molar-refractivity contribution in [1.29, 1.82) is 0 Å². The van der Waals surface area contributed by atoms with Crippen LogP contribution in [0.2, 0.25) is 0 Å². The maximum absolute atomic E-state index is 13.3. The molecule has 0 spiro atoms. The minimum absolute atomic E-state index is 0.0508. The van der Waals surface area contributed by atoms with Gasteiger partial charge in [-0.15, -0.1) is 0 Å². The average Bonchev–Trinajstić information content (AvgIpc) is 3.08. The van der Waals surface area contributed by atoms with Crippen molar-refractivity contribution >= 4 is 17.4 Å². The molecule has 1 N–H and O–H groups in total. The number of para-hydroxylation sites is 1. The van der Waals surface area contributed by atoms with Gasteiger partial charge >= 0.3 is 0 Å².